The zero-order chi connectivity index (χ0) is 19.1. The lowest BCUT2D eigenvalue weighted by Gasteiger charge is -2.32. The summed E-state index contributed by atoms with van der Waals surface area (Å²) >= 11 is 7.48. The molecule has 0 bridgehead atoms. The largest absolute Gasteiger partial charge is 0.310 e. The van der Waals surface area contributed by atoms with Crippen molar-refractivity contribution in [1.82, 2.24) is 0 Å². The van der Waals surface area contributed by atoms with Crippen LogP contribution < -0.4 is 9.62 Å². The van der Waals surface area contributed by atoms with Gasteiger partial charge in [0.1, 0.15) is 5.82 Å². The molecule has 2 aromatic rings. The summed E-state index contributed by atoms with van der Waals surface area (Å²) in [6, 6.07) is 8.03. The van der Waals surface area contributed by atoms with Gasteiger partial charge in [-0.3, -0.25) is 9.52 Å². The van der Waals surface area contributed by atoms with Crippen LogP contribution in [0.3, 0.4) is 0 Å². The number of sulfonamides is 1. The molecule has 0 spiro atoms. The molecule has 0 saturated heterocycles. The standard InChI is InChI=1S/C17H16ClFN2O3S2/c1-10-9-21(11(2)22)16-8-13(4-6-17(16)25-10)26(23,24)20-15-5-3-12(19)7-14(15)18/h3-8,10,20H,9H2,1-2H3/t10-/m1/s1. The van der Waals surface area contributed by atoms with Crippen molar-refractivity contribution in [1.29, 1.82) is 0 Å². The van der Waals surface area contributed by atoms with Crippen LogP contribution in [-0.2, 0) is 14.8 Å². The molecule has 0 aromatic heterocycles. The number of rotatable bonds is 3. The number of hydrogen-bond donors (Lipinski definition) is 1. The van der Waals surface area contributed by atoms with Crippen LogP contribution in [0.15, 0.2) is 46.2 Å². The van der Waals surface area contributed by atoms with E-state index in [-0.39, 0.29) is 26.8 Å². The van der Waals surface area contributed by atoms with E-state index < -0.39 is 15.8 Å². The van der Waals surface area contributed by atoms with Crippen LogP contribution in [0.2, 0.25) is 5.02 Å². The number of fused-ring (bicyclic) bond motifs is 1. The molecule has 1 amide bonds. The molecule has 138 valence electrons. The number of thioether (sulfide) groups is 1. The molecule has 0 saturated carbocycles. The van der Waals surface area contributed by atoms with Crippen molar-refractivity contribution in [3.8, 4) is 0 Å². The second-order valence-electron chi connectivity index (χ2n) is 5.92. The second kappa shape index (κ2) is 7.09. The Labute approximate surface area is 160 Å². The molecule has 1 aliphatic rings. The monoisotopic (exact) mass is 414 g/mol. The Morgan fingerprint density at radius 2 is 2.04 bits per heavy atom. The number of carbonyl (C=O) groups is 1. The van der Waals surface area contributed by atoms with Crippen molar-refractivity contribution in [2.75, 3.05) is 16.2 Å². The van der Waals surface area contributed by atoms with Crippen LogP contribution >= 0.6 is 23.4 Å². The first-order valence-electron chi connectivity index (χ1n) is 7.74. The SMILES string of the molecule is CC(=O)N1C[C@@H](C)Sc2ccc(S(=O)(=O)Nc3ccc(F)cc3Cl)cc21. The maximum Gasteiger partial charge on any atom is 0.262 e. The van der Waals surface area contributed by atoms with E-state index in [0.29, 0.717) is 12.2 Å². The van der Waals surface area contributed by atoms with Gasteiger partial charge in [-0.05, 0) is 36.4 Å². The van der Waals surface area contributed by atoms with Gasteiger partial charge < -0.3 is 4.90 Å². The third-order valence-electron chi connectivity index (χ3n) is 3.85. The molecule has 1 aliphatic heterocycles. The predicted molar refractivity (Wildman–Crippen MR) is 102 cm³/mol. The summed E-state index contributed by atoms with van der Waals surface area (Å²) < 4.78 is 40.9. The topological polar surface area (TPSA) is 66.5 Å². The van der Waals surface area contributed by atoms with Gasteiger partial charge in [0.15, 0.2) is 0 Å². The highest BCUT2D eigenvalue weighted by atomic mass is 35.5. The number of benzene rings is 2. The highest BCUT2D eigenvalue weighted by Crippen LogP contribution is 2.40. The quantitative estimate of drug-likeness (QED) is 0.820. The van der Waals surface area contributed by atoms with E-state index >= 15 is 0 Å². The van der Waals surface area contributed by atoms with Crippen molar-refractivity contribution in [3.63, 3.8) is 0 Å². The molecule has 2 aromatic carbocycles. The minimum Gasteiger partial charge on any atom is -0.310 e. The lowest BCUT2D eigenvalue weighted by molar-refractivity contribution is -0.116. The van der Waals surface area contributed by atoms with Crippen LogP contribution in [0, 0.1) is 5.82 Å². The Kier molecular flexibility index (Phi) is 5.18. The van der Waals surface area contributed by atoms with Crippen molar-refractivity contribution in [2.45, 2.75) is 28.9 Å². The number of hydrogen-bond acceptors (Lipinski definition) is 4. The van der Waals surface area contributed by atoms with E-state index in [4.69, 9.17) is 11.6 Å². The zero-order valence-electron chi connectivity index (χ0n) is 14.0. The number of nitrogens with one attached hydrogen (secondary N) is 1. The molecule has 0 aliphatic carbocycles. The number of nitrogens with zero attached hydrogens (tertiary/aromatic N) is 1. The van der Waals surface area contributed by atoms with Crippen LogP contribution in [-0.4, -0.2) is 26.1 Å². The number of amides is 1. The van der Waals surface area contributed by atoms with Crippen molar-refractivity contribution in [3.05, 3.63) is 47.2 Å². The minimum atomic E-state index is -3.95. The molecular weight excluding hydrogens is 399 g/mol. The summed E-state index contributed by atoms with van der Waals surface area (Å²) in [6.07, 6.45) is 0. The highest BCUT2D eigenvalue weighted by Gasteiger charge is 2.27. The van der Waals surface area contributed by atoms with Gasteiger partial charge in [0.25, 0.3) is 10.0 Å². The normalized spacial score (nSPS) is 16.9. The van der Waals surface area contributed by atoms with Gasteiger partial charge in [0, 0.05) is 23.6 Å². The minimum absolute atomic E-state index is 0.00181. The van der Waals surface area contributed by atoms with E-state index in [2.05, 4.69) is 4.72 Å². The molecular formula is C17H16ClFN2O3S2. The molecule has 1 atom stereocenters. The molecule has 0 unspecified atom stereocenters. The van der Waals surface area contributed by atoms with Gasteiger partial charge in [-0.15, -0.1) is 11.8 Å². The molecule has 0 radical (unpaired) electrons. The van der Waals surface area contributed by atoms with Crippen molar-refractivity contribution >= 4 is 50.7 Å². The van der Waals surface area contributed by atoms with Gasteiger partial charge in [-0.2, -0.15) is 0 Å². The van der Waals surface area contributed by atoms with Gasteiger partial charge in [-0.1, -0.05) is 18.5 Å². The van der Waals surface area contributed by atoms with E-state index in [1.807, 2.05) is 6.92 Å². The molecule has 1 N–H and O–H groups in total. The Morgan fingerprint density at radius 1 is 1.31 bits per heavy atom. The third-order valence-corrected chi connectivity index (χ3v) is 6.68. The predicted octanol–water partition coefficient (Wildman–Crippen LogP) is 4.13. The first-order valence-corrected chi connectivity index (χ1v) is 10.5. The fraction of sp³-hybridized carbons (Fsp3) is 0.235. The number of carbonyl (C=O) groups excluding carboxylic acids is 1. The van der Waals surface area contributed by atoms with E-state index in [1.165, 1.54) is 25.1 Å². The van der Waals surface area contributed by atoms with Gasteiger partial charge >= 0.3 is 0 Å². The Morgan fingerprint density at radius 3 is 2.69 bits per heavy atom. The first-order chi connectivity index (χ1) is 12.2. The van der Waals surface area contributed by atoms with Gasteiger partial charge in [0.05, 0.1) is 21.3 Å². The lowest BCUT2D eigenvalue weighted by Crippen LogP contribution is -2.37. The number of anilines is 2. The average molecular weight is 415 g/mol. The third kappa shape index (κ3) is 3.82. The molecule has 5 nitrogen and oxygen atoms in total. The maximum absolute atomic E-state index is 13.1. The molecule has 0 fully saturated rings. The fourth-order valence-corrected chi connectivity index (χ4v) is 5.12. The zero-order valence-corrected chi connectivity index (χ0v) is 16.4. The Bertz CT molecular complexity index is 982. The summed E-state index contributed by atoms with van der Waals surface area (Å²) in [4.78, 5) is 14.3. The highest BCUT2D eigenvalue weighted by molar-refractivity contribution is 8.00. The van der Waals surface area contributed by atoms with E-state index in [1.54, 1.807) is 22.7 Å². The van der Waals surface area contributed by atoms with Crippen LogP contribution in [0.25, 0.3) is 0 Å². The Balaban J connectivity index is 1.98. The van der Waals surface area contributed by atoms with Crippen LogP contribution in [0.5, 0.6) is 0 Å². The van der Waals surface area contributed by atoms with Crippen LogP contribution in [0.1, 0.15) is 13.8 Å². The van der Waals surface area contributed by atoms with E-state index in [9.17, 15) is 17.6 Å². The van der Waals surface area contributed by atoms with Gasteiger partial charge in [0.2, 0.25) is 5.91 Å². The van der Waals surface area contributed by atoms with Crippen molar-refractivity contribution < 1.29 is 17.6 Å². The summed E-state index contributed by atoms with van der Waals surface area (Å²) in [5.74, 6) is -0.711. The average Bonchev–Trinajstić information content (AvgIpc) is 2.56. The molecule has 9 heteroatoms. The Hall–Kier alpha value is -1.77. The summed E-state index contributed by atoms with van der Waals surface area (Å²) in [7, 11) is -3.95. The van der Waals surface area contributed by atoms with E-state index in [0.717, 1.165) is 17.0 Å². The smallest absolute Gasteiger partial charge is 0.262 e. The number of halogens is 2. The fourth-order valence-electron chi connectivity index (χ4n) is 2.66. The van der Waals surface area contributed by atoms with Gasteiger partial charge in [-0.25, -0.2) is 12.8 Å². The lowest BCUT2D eigenvalue weighted by atomic mass is 10.2. The first kappa shape index (κ1) is 19.0. The molecule has 1 heterocycles. The maximum atomic E-state index is 13.1. The van der Waals surface area contributed by atoms with Crippen LogP contribution in [0.4, 0.5) is 15.8 Å². The second-order valence-corrected chi connectivity index (χ2v) is 9.49. The molecule has 3 rings (SSSR count). The summed E-state index contributed by atoms with van der Waals surface area (Å²) in [5, 5.41) is 0.172. The summed E-state index contributed by atoms with van der Waals surface area (Å²) in [5.41, 5.74) is 0.644. The molecule has 26 heavy (non-hydrogen) atoms. The van der Waals surface area contributed by atoms with Crippen molar-refractivity contribution in [2.24, 2.45) is 0 Å². The summed E-state index contributed by atoms with van der Waals surface area (Å²) in [6.45, 7) is 3.96.